The molecule has 132 valence electrons. The third-order valence-electron chi connectivity index (χ3n) is 3.85. The highest BCUT2D eigenvalue weighted by Crippen LogP contribution is 2.13. The number of rotatable bonds is 6. The van der Waals surface area contributed by atoms with Crippen LogP contribution in [-0.4, -0.2) is 54.2 Å². The SMILES string of the molecule is C=C(Cl)CN1CCN(C(=O)CCC(=O)c2ccc(Cl)cc2)CC1.Cl. The minimum Gasteiger partial charge on any atom is -0.340 e. The van der Waals surface area contributed by atoms with E-state index in [1.807, 2.05) is 4.90 Å². The van der Waals surface area contributed by atoms with E-state index in [0.717, 1.165) is 13.1 Å². The Morgan fingerprint density at radius 1 is 1.04 bits per heavy atom. The van der Waals surface area contributed by atoms with Gasteiger partial charge in [-0.1, -0.05) is 29.8 Å². The normalized spacial score (nSPS) is 14.8. The van der Waals surface area contributed by atoms with Crippen molar-refractivity contribution in [2.45, 2.75) is 12.8 Å². The zero-order valence-electron chi connectivity index (χ0n) is 13.3. The van der Waals surface area contributed by atoms with Crippen LogP contribution in [0.15, 0.2) is 35.9 Å². The summed E-state index contributed by atoms with van der Waals surface area (Å²) in [6.45, 7) is 7.23. The van der Waals surface area contributed by atoms with Gasteiger partial charge in [-0.05, 0) is 24.3 Å². The van der Waals surface area contributed by atoms with Crippen LogP contribution in [-0.2, 0) is 4.79 Å². The highest BCUT2D eigenvalue weighted by molar-refractivity contribution is 6.30. The summed E-state index contributed by atoms with van der Waals surface area (Å²) in [5.41, 5.74) is 0.590. The molecular weight excluding hydrogens is 371 g/mol. The number of nitrogens with zero attached hydrogens (tertiary/aromatic N) is 2. The van der Waals surface area contributed by atoms with E-state index in [9.17, 15) is 9.59 Å². The fraction of sp³-hybridized carbons (Fsp3) is 0.412. The second-order valence-corrected chi connectivity index (χ2v) is 6.58. The molecule has 0 N–H and O–H groups in total. The van der Waals surface area contributed by atoms with E-state index in [2.05, 4.69) is 11.5 Å². The molecule has 0 radical (unpaired) electrons. The number of ketones is 1. The molecule has 1 amide bonds. The molecule has 1 aromatic rings. The highest BCUT2D eigenvalue weighted by atomic mass is 35.5. The lowest BCUT2D eigenvalue weighted by molar-refractivity contribution is -0.132. The van der Waals surface area contributed by atoms with Crippen molar-refractivity contribution in [1.29, 1.82) is 0 Å². The Morgan fingerprint density at radius 2 is 1.62 bits per heavy atom. The summed E-state index contributed by atoms with van der Waals surface area (Å²) in [4.78, 5) is 28.3. The van der Waals surface area contributed by atoms with Gasteiger partial charge in [0.2, 0.25) is 5.91 Å². The molecule has 7 heteroatoms. The molecule has 1 aliphatic rings. The summed E-state index contributed by atoms with van der Waals surface area (Å²) in [6, 6.07) is 6.74. The third-order valence-corrected chi connectivity index (χ3v) is 4.22. The van der Waals surface area contributed by atoms with Crippen LogP contribution in [0.25, 0.3) is 0 Å². The first-order valence-electron chi connectivity index (χ1n) is 7.58. The number of Topliss-reactive ketones (excluding diaryl/α,β-unsaturated/α-hetero) is 1. The van der Waals surface area contributed by atoms with Crippen molar-refractivity contribution in [3.05, 3.63) is 46.5 Å². The molecule has 4 nitrogen and oxygen atoms in total. The minimum absolute atomic E-state index is 0. The summed E-state index contributed by atoms with van der Waals surface area (Å²) in [7, 11) is 0. The first-order chi connectivity index (χ1) is 11.0. The molecule has 1 saturated heterocycles. The number of halogens is 3. The average Bonchev–Trinajstić information content (AvgIpc) is 2.53. The van der Waals surface area contributed by atoms with E-state index in [4.69, 9.17) is 23.2 Å². The van der Waals surface area contributed by atoms with Crippen molar-refractivity contribution in [3.63, 3.8) is 0 Å². The maximum atomic E-state index is 12.2. The largest absolute Gasteiger partial charge is 0.340 e. The van der Waals surface area contributed by atoms with Crippen LogP contribution in [0.5, 0.6) is 0 Å². The van der Waals surface area contributed by atoms with Crippen molar-refractivity contribution in [3.8, 4) is 0 Å². The molecule has 0 aliphatic carbocycles. The van der Waals surface area contributed by atoms with Crippen molar-refractivity contribution < 1.29 is 9.59 Å². The average molecular weight is 392 g/mol. The molecule has 24 heavy (non-hydrogen) atoms. The summed E-state index contributed by atoms with van der Waals surface area (Å²) in [6.07, 6.45) is 0.461. The predicted octanol–water partition coefficient (Wildman–Crippen LogP) is 3.62. The van der Waals surface area contributed by atoms with E-state index in [1.165, 1.54) is 0 Å². The molecule has 0 saturated carbocycles. The fourth-order valence-electron chi connectivity index (χ4n) is 2.56. The first kappa shape index (κ1) is 21.0. The summed E-state index contributed by atoms with van der Waals surface area (Å²) in [5, 5.41) is 1.20. The van der Waals surface area contributed by atoms with Gasteiger partial charge < -0.3 is 4.90 Å². The molecule has 1 heterocycles. The Hall–Kier alpha value is -1.07. The quantitative estimate of drug-likeness (QED) is 0.695. The number of carbonyl (C=O) groups is 2. The standard InChI is InChI=1S/C17H20Cl2N2O2.ClH/c1-13(18)12-20-8-10-21(11-9-20)17(23)7-6-16(22)14-2-4-15(19)5-3-14;/h2-5H,1,6-12H2;1H. The maximum Gasteiger partial charge on any atom is 0.223 e. The Labute approximate surface area is 158 Å². The Bertz CT molecular complexity index is 582. The predicted molar refractivity (Wildman–Crippen MR) is 100 cm³/mol. The maximum absolute atomic E-state index is 12.2. The Morgan fingerprint density at radius 3 is 2.17 bits per heavy atom. The number of hydrogen-bond donors (Lipinski definition) is 0. The number of hydrogen-bond acceptors (Lipinski definition) is 3. The van der Waals surface area contributed by atoms with Gasteiger partial charge in [-0.2, -0.15) is 0 Å². The van der Waals surface area contributed by atoms with Gasteiger partial charge in [-0.3, -0.25) is 14.5 Å². The van der Waals surface area contributed by atoms with Crippen molar-refractivity contribution in [1.82, 2.24) is 9.80 Å². The highest BCUT2D eigenvalue weighted by Gasteiger charge is 2.21. The van der Waals surface area contributed by atoms with Gasteiger partial charge in [0.15, 0.2) is 5.78 Å². The second kappa shape index (κ2) is 10.0. The molecule has 1 aromatic carbocycles. The van der Waals surface area contributed by atoms with Gasteiger partial charge in [0, 0.05) is 61.2 Å². The topological polar surface area (TPSA) is 40.6 Å². The van der Waals surface area contributed by atoms with Gasteiger partial charge in [0.1, 0.15) is 0 Å². The van der Waals surface area contributed by atoms with Gasteiger partial charge in [0.25, 0.3) is 0 Å². The second-order valence-electron chi connectivity index (χ2n) is 5.60. The van der Waals surface area contributed by atoms with E-state index >= 15 is 0 Å². The molecular formula is C17H21Cl3N2O2. The molecule has 0 unspecified atom stereocenters. The summed E-state index contributed by atoms with van der Waals surface area (Å²) >= 11 is 11.6. The summed E-state index contributed by atoms with van der Waals surface area (Å²) < 4.78 is 0. The lowest BCUT2D eigenvalue weighted by atomic mass is 10.1. The number of benzene rings is 1. The van der Waals surface area contributed by atoms with Crippen LogP contribution in [0.2, 0.25) is 5.02 Å². The van der Waals surface area contributed by atoms with Gasteiger partial charge in [-0.25, -0.2) is 0 Å². The van der Waals surface area contributed by atoms with Crippen molar-refractivity contribution >= 4 is 47.3 Å². The minimum atomic E-state index is -0.0351. The van der Waals surface area contributed by atoms with E-state index < -0.39 is 0 Å². The lowest BCUT2D eigenvalue weighted by Gasteiger charge is -2.34. The molecule has 0 bridgehead atoms. The van der Waals surface area contributed by atoms with Crippen LogP contribution in [0, 0.1) is 0 Å². The molecule has 0 aromatic heterocycles. The fourth-order valence-corrected chi connectivity index (χ4v) is 2.85. The smallest absolute Gasteiger partial charge is 0.223 e. The van der Waals surface area contributed by atoms with Crippen LogP contribution in [0.1, 0.15) is 23.2 Å². The lowest BCUT2D eigenvalue weighted by Crippen LogP contribution is -2.48. The van der Waals surface area contributed by atoms with E-state index in [1.54, 1.807) is 24.3 Å². The summed E-state index contributed by atoms with van der Waals surface area (Å²) in [5.74, 6) is -0.0104. The Kier molecular flexibility index (Phi) is 8.78. The molecule has 1 fully saturated rings. The van der Waals surface area contributed by atoms with Gasteiger partial charge in [-0.15, -0.1) is 12.4 Å². The van der Waals surface area contributed by atoms with Crippen LogP contribution in [0.3, 0.4) is 0 Å². The number of carbonyl (C=O) groups excluding carboxylic acids is 2. The number of amides is 1. The zero-order valence-corrected chi connectivity index (χ0v) is 15.7. The number of piperazine rings is 1. The molecule has 0 atom stereocenters. The molecule has 2 rings (SSSR count). The van der Waals surface area contributed by atoms with Gasteiger partial charge >= 0.3 is 0 Å². The van der Waals surface area contributed by atoms with Crippen LogP contribution >= 0.6 is 35.6 Å². The first-order valence-corrected chi connectivity index (χ1v) is 8.33. The van der Waals surface area contributed by atoms with E-state index in [0.29, 0.717) is 35.3 Å². The van der Waals surface area contributed by atoms with Crippen LogP contribution in [0.4, 0.5) is 0 Å². The zero-order chi connectivity index (χ0) is 16.8. The van der Waals surface area contributed by atoms with E-state index in [-0.39, 0.29) is 36.9 Å². The molecule has 1 aliphatic heterocycles. The van der Waals surface area contributed by atoms with Crippen LogP contribution < -0.4 is 0 Å². The van der Waals surface area contributed by atoms with Crippen molar-refractivity contribution in [2.24, 2.45) is 0 Å². The van der Waals surface area contributed by atoms with Gasteiger partial charge in [0.05, 0.1) is 0 Å². The third kappa shape index (κ3) is 6.44. The monoisotopic (exact) mass is 390 g/mol. The molecule has 0 spiro atoms. The Balaban J connectivity index is 0.00000288. The van der Waals surface area contributed by atoms with Crippen molar-refractivity contribution in [2.75, 3.05) is 32.7 Å².